The first-order valence-electron chi connectivity index (χ1n) is 4.97. The molecule has 0 fully saturated rings. The van der Waals surface area contributed by atoms with Crippen LogP contribution < -0.4 is 5.32 Å². The van der Waals surface area contributed by atoms with Crippen molar-refractivity contribution in [3.8, 4) is 0 Å². The van der Waals surface area contributed by atoms with E-state index in [1.54, 1.807) is 12.1 Å². The summed E-state index contributed by atoms with van der Waals surface area (Å²) in [5.74, 6) is -1.05. The maximum atomic E-state index is 10.7. The number of nitrogens with zero attached hydrogens (tertiary/aromatic N) is 1. The summed E-state index contributed by atoms with van der Waals surface area (Å²) in [6.45, 7) is 0. The summed E-state index contributed by atoms with van der Waals surface area (Å²) in [6.07, 6.45) is 1.45. The van der Waals surface area contributed by atoms with Gasteiger partial charge in [-0.2, -0.15) is 0 Å². The van der Waals surface area contributed by atoms with Crippen molar-refractivity contribution in [2.45, 2.75) is 0 Å². The van der Waals surface area contributed by atoms with Crippen LogP contribution in [0, 0.1) is 0 Å². The number of anilines is 2. The SMILES string of the molecule is O=C(O)c1ccc(Nc2ccc(Br)cc2Cl)cn1. The van der Waals surface area contributed by atoms with Crippen molar-refractivity contribution in [2.24, 2.45) is 0 Å². The van der Waals surface area contributed by atoms with Crippen molar-refractivity contribution < 1.29 is 9.90 Å². The molecule has 0 aliphatic rings. The van der Waals surface area contributed by atoms with E-state index in [0.717, 1.165) is 10.2 Å². The Kier molecular flexibility index (Phi) is 3.84. The smallest absolute Gasteiger partial charge is 0.354 e. The van der Waals surface area contributed by atoms with Crippen molar-refractivity contribution >= 4 is 44.9 Å². The molecule has 1 aromatic heterocycles. The van der Waals surface area contributed by atoms with Crippen LogP contribution in [0.3, 0.4) is 0 Å². The fourth-order valence-corrected chi connectivity index (χ4v) is 2.06. The van der Waals surface area contributed by atoms with Gasteiger partial charge >= 0.3 is 5.97 Å². The second-order valence-corrected chi connectivity index (χ2v) is 4.81. The summed E-state index contributed by atoms with van der Waals surface area (Å²) in [4.78, 5) is 14.5. The number of hydrogen-bond acceptors (Lipinski definition) is 3. The van der Waals surface area contributed by atoms with Crippen LogP contribution in [0.5, 0.6) is 0 Å². The molecule has 0 atom stereocenters. The summed E-state index contributed by atoms with van der Waals surface area (Å²) in [5, 5.41) is 12.3. The molecule has 0 saturated carbocycles. The van der Waals surface area contributed by atoms with Gasteiger partial charge in [-0.15, -0.1) is 0 Å². The van der Waals surface area contributed by atoms with Crippen LogP contribution in [0.1, 0.15) is 10.5 Å². The number of hydrogen-bond donors (Lipinski definition) is 2. The molecule has 18 heavy (non-hydrogen) atoms. The van der Waals surface area contributed by atoms with E-state index in [2.05, 4.69) is 26.2 Å². The predicted molar refractivity (Wildman–Crippen MR) is 73.6 cm³/mol. The maximum Gasteiger partial charge on any atom is 0.354 e. The molecule has 0 aliphatic carbocycles. The Hall–Kier alpha value is -1.59. The van der Waals surface area contributed by atoms with Crippen LogP contribution in [0.15, 0.2) is 41.0 Å². The molecule has 2 N–H and O–H groups in total. The van der Waals surface area contributed by atoms with Crippen LogP contribution in [-0.4, -0.2) is 16.1 Å². The number of halogens is 2. The van der Waals surface area contributed by atoms with Gasteiger partial charge in [-0.05, 0) is 30.3 Å². The second-order valence-electron chi connectivity index (χ2n) is 3.49. The van der Waals surface area contributed by atoms with Gasteiger partial charge in [-0.1, -0.05) is 27.5 Å². The zero-order valence-electron chi connectivity index (χ0n) is 9.02. The molecule has 0 amide bonds. The molecule has 92 valence electrons. The first kappa shape index (κ1) is 12.9. The number of aromatic nitrogens is 1. The predicted octanol–water partition coefficient (Wildman–Crippen LogP) is 3.94. The standard InChI is InChI=1S/C12H8BrClN2O2/c13-7-1-3-10(9(14)5-7)16-8-2-4-11(12(17)18)15-6-8/h1-6,16H,(H,17,18). The van der Waals surface area contributed by atoms with Gasteiger partial charge in [-0.3, -0.25) is 0 Å². The van der Waals surface area contributed by atoms with E-state index in [1.165, 1.54) is 12.3 Å². The number of rotatable bonds is 3. The highest BCUT2D eigenvalue weighted by Gasteiger charge is 2.05. The van der Waals surface area contributed by atoms with E-state index in [-0.39, 0.29) is 5.69 Å². The minimum absolute atomic E-state index is 0.00227. The summed E-state index contributed by atoms with van der Waals surface area (Å²) in [7, 11) is 0. The number of pyridine rings is 1. The molecular weight excluding hydrogens is 320 g/mol. The van der Waals surface area contributed by atoms with Gasteiger partial charge in [0.15, 0.2) is 0 Å². The van der Waals surface area contributed by atoms with Crippen LogP contribution in [0.25, 0.3) is 0 Å². The Morgan fingerprint density at radius 3 is 2.67 bits per heavy atom. The average molecular weight is 328 g/mol. The highest BCUT2D eigenvalue weighted by atomic mass is 79.9. The van der Waals surface area contributed by atoms with E-state index in [0.29, 0.717) is 10.7 Å². The lowest BCUT2D eigenvalue weighted by Crippen LogP contribution is -2.00. The van der Waals surface area contributed by atoms with E-state index < -0.39 is 5.97 Å². The Labute approximate surface area is 117 Å². The monoisotopic (exact) mass is 326 g/mol. The molecule has 6 heteroatoms. The van der Waals surface area contributed by atoms with Gasteiger partial charge in [0.05, 0.1) is 22.6 Å². The zero-order chi connectivity index (χ0) is 13.1. The van der Waals surface area contributed by atoms with Crippen LogP contribution in [-0.2, 0) is 0 Å². The summed E-state index contributed by atoms with van der Waals surface area (Å²) in [6, 6.07) is 8.50. The molecule has 4 nitrogen and oxygen atoms in total. The van der Waals surface area contributed by atoms with E-state index >= 15 is 0 Å². The van der Waals surface area contributed by atoms with Gasteiger partial charge in [0.2, 0.25) is 0 Å². The van der Waals surface area contributed by atoms with Crippen LogP contribution in [0.2, 0.25) is 5.02 Å². The third kappa shape index (κ3) is 3.00. The minimum atomic E-state index is -1.05. The Balaban J connectivity index is 2.21. The number of carbonyl (C=O) groups is 1. The van der Waals surface area contributed by atoms with E-state index in [4.69, 9.17) is 16.7 Å². The largest absolute Gasteiger partial charge is 0.477 e. The van der Waals surface area contributed by atoms with E-state index in [9.17, 15) is 4.79 Å². The molecule has 0 radical (unpaired) electrons. The third-order valence-corrected chi connectivity index (χ3v) is 3.00. The first-order chi connectivity index (χ1) is 8.56. The van der Waals surface area contributed by atoms with Crippen molar-refractivity contribution in [2.75, 3.05) is 5.32 Å². The van der Waals surface area contributed by atoms with Gasteiger partial charge in [0.25, 0.3) is 0 Å². The van der Waals surface area contributed by atoms with E-state index in [1.807, 2.05) is 12.1 Å². The fraction of sp³-hybridized carbons (Fsp3) is 0. The number of benzene rings is 1. The molecule has 0 saturated heterocycles. The summed E-state index contributed by atoms with van der Waals surface area (Å²) in [5.41, 5.74) is 1.40. The molecule has 0 spiro atoms. The van der Waals surface area contributed by atoms with Gasteiger partial charge in [-0.25, -0.2) is 9.78 Å². The number of aromatic carboxylic acids is 1. The molecular formula is C12H8BrClN2O2. The van der Waals surface area contributed by atoms with Crippen molar-refractivity contribution in [1.29, 1.82) is 0 Å². The normalized spacial score (nSPS) is 10.1. The zero-order valence-corrected chi connectivity index (χ0v) is 11.4. The minimum Gasteiger partial charge on any atom is -0.477 e. The molecule has 0 aliphatic heterocycles. The topological polar surface area (TPSA) is 62.2 Å². The van der Waals surface area contributed by atoms with Gasteiger partial charge in [0.1, 0.15) is 5.69 Å². The van der Waals surface area contributed by atoms with Crippen molar-refractivity contribution in [3.05, 3.63) is 51.7 Å². The highest BCUT2D eigenvalue weighted by Crippen LogP contribution is 2.28. The molecule has 2 aromatic rings. The lowest BCUT2D eigenvalue weighted by molar-refractivity contribution is 0.0690. The third-order valence-electron chi connectivity index (χ3n) is 2.19. The number of carboxylic acids is 1. The highest BCUT2D eigenvalue weighted by molar-refractivity contribution is 9.10. The van der Waals surface area contributed by atoms with Gasteiger partial charge < -0.3 is 10.4 Å². The quantitative estimate of drug-likeness (QED) is 0.896. The number of nitrogens with one attached hydrogen (secondary N) is 1. The molecule has 0 unspecified atom stereocenters. The van der Waals surface area contributed by atoms with Crippen LogP contribution >= 0.6 is 27.5 Å². The Morgan fingerprint density at radius 1 is 1.33 bits per heavy atom. The molecule has 2 rings (SSSR count). The molecule has 1 heterocycles. The van der Waals surface area contributed by atoms with Crippen LogP contribution in [0.4, 0.5) is 11.4 Å². The fourth-order valence-electron chi connectivity index (χ4n) is 1.34. The summed E-state index contributed by atoms with van der Waals surface area (Å²) < 4.78 is 0.886. The Morgan fingerprint density at radius 2 is 2.11 bits per heavy atom. The second kappa shape index (κ2) is 5.37. The molecule has 0 bridgehead atoms. The Bertz CT molecular complexity index is 587. The van der Waals surface area contributed by atoms with Crippen molar-refractivity contribution in [3.63, 3.8) is 0 Å². The average Bonchev–Trinajstić information content (AvgIpc) is 2.33. The van der Waals surface area contributed by atoms with Gasteiger partial charge in [0, 0.05) is 4.47 Å². The lowest BCUT2D eigenvalue weighted by Gasteiger charge is -2.08. The number of carboxylic acid groups (broad SMARTS) is 1. The van der Waals surface area contributed by atoms with Crippen molar-refractivity contribution in [1.82, 2.24) is 4.98 Å². The molecule has 1 aromatic carbocycles. The maximum absolute atomic E-state index is 10.7. The summed E-state index contributed by atoms with van der Waals surface area (Å²) >= 11 is 9.37. The lowest BCUT2D eigenvalue weighted by atomic mass is 10.3. The first-order valence-corrected chi connectivity index (χ1v) is 6.15.